The Morgan fingerprint density at radius 3 is 2.95 bits per heavy atom. The summed E-state index contributed by atoms with van der Waals surface area (Å²) in [6, 6.07) is 6.08. The quantitative estimate of drug-likeness (QED) is 0.918. The van der Waals surface area contributed by atoms with Gasteiger partial charge in [-0.2, -0.15) is 0 Å². The zero-order valence-corrected chi connectivity index (χ0v) is 13.2. The molecule has 0 bridgehead atoms. The van der Waals surface area contributed by atoms with E-state index in [0.717, 1.165) is 42.6 Å². The van der Waals surface area contributed by atoms with E-state index in [1.807, 2.05) is 19.1 Å². The van der Waals surface area contributed by atoms with Crippen LogP contribution in [0.4, 0.5) is 5.69 Å². The molecule has 4 heteroatoms. The van der Waals surface area contributed by atoms with E-state index in [0.29, 0.717) is 6.10 Å². The highest BCUT2D eigenvalue weighted by Gasteiger charge is 2.21. The minimum atomic E-state index is -0.428. The summed E-state index contributed by atoms with van der Waals surface area (Å²) in [7, 11) is 0. The summed E-state index contributed by atoms with van der Waals surface area (Å²) in [6.45, 7) is 6.62. The lowest BCUT2D eigenvalue weighted by Gasteiger charge is -2.34. The van der Waals surface area contributed by atoms with E-state index < -0.39 is 6.10 Å². The molecule has 106 valence electrons. The normalized spacial score (nSPS) is 21.5. The molecule has 0 aromatic heterocycles. The van der Waals surface area contributed by atoms with Gasteiger partial charge in [0.05, 0.1) is 17.9 Å². The number of piperidine rings is 1. The highest BCUT2D eigenvalue weighted by atomic mass is 79.9. The molecule has 19 heavy (non-hydrogen) atoms. The van der Waals surface area contributed by atoms with E-state index in [-0.39, 0.29) is 0 Å². The van der Waals surface area contributed by atoms with Crippen molar-refractivity contribution >= 4 is 21.6 Å². The number of ether oxygens (including phenoxy) is 1. The maximum Gasteiger partial charge on any atom is 0.0762 e. The number of nitrogens with zero attached hydrogens (tertiary/aromatic N) is 1. The Bertz CT molecular complexity index is 421. The maximum atomic E-state index is 9.61. The van der Waals surface area contributed by atoms with Crippen molar-refractivity contribution in [3.05, 3.63) is 28.2 Å². The first kappa shape index (κ1) is 14.8. The van der Waals surface area contributed by atoms with Gasteiger partial charge >= 0.3 is 0 Å². The number of hydrogen-bond acceptors (Lipinski definition) is 3. The predicted octanol–water partition coefficient (Wildman–Crippen LogP) is 3.51. The van der Waals surface area contributed by atoms with E-state index in [9.17, 15) is 5.11 Å². The van der Waals surface area contributed by atoms with Crippen molar-refractivity contribution in [1.82, 2.24) is 0 Å². The van der Waals surface area contributed by atoms with Crippen molar-refractivity contribution in [1.29, 1.82) is 0 Å². The molecule has 1 aliphatic rings. The fourth-order valence-electron chi connectivity index (χ4n) is 2.57. The highest BCUT2D eigenvalue weighted by molar-refractivity contribution is 9.10. The molecule has 1 saturated heterocycles. The van der Waals surface area contributed by atoms with Gasteiger partial charge in [0.15, 0.2) is 0 Å². The molecule has 2 atom stereocenters. The topological polar surface area (TPSA) is 32.7 Å². The van der Waals surface area contributed by atoms with Gasteiger partial charge in [-0.25, -0.2) is 0 Å². The summed E-state index contributed by atoms with van der Waals surface area (Å²) < 4.78 is 6.78. The zero-order chi connectivity index (χ0) is 13.8. The van der Waals surface area contributed by atoms with Crippen molar-refractivity contribution in [2.45, 2.75) is 38.9 Å². The Morgan fingerprint density at radius 1 is 1.53 bits per heavy atom. The van der Waals surface area contributed by atoms with Crippen molar-refractivity contribution in [3.63, 3.8) is 0 Å². The van der Waals surface area contributed by atoms with Gasteiger partial charge in [-0.15, -0.1) is 0 Å². The molecule has 0 aliphatic carbocycles. The van der Waals surface area contributed by atoms with Crippen LogP contribution in [0.25, 0.3) is 0 Å². The molecule has 0 saturated carbocycles. The molecule has 1 heterocycles. The third-order valence-electron chi connectivity index (χ3n) is 3.58. The summed E-state index contributed by atoms with van der Waals surface area (Å²) in [5.74, 6) is 0. The Morgan fingerprint density at radius 2 is 2.32 bits per heavy atom. The van der Waals surface area contributed by atoms with E-state index in [4.69, 9.17) is 4.74 Å². The van der Waals surface area contributed by atoms with Gasteiger partial charge in [0.2, 0.25) is 0 Å². The number of rotatable bonds is 4. The van der Waals surface area contributed by atoms with Gasteiger partial charge in [0.25, 0.3) is 0 Å². The molecular weight excluding hydrogens is 306 g/mol. The molecule has 1 N–H and O–H groups in total. The molecule has 1 aliphatic heterocycles. The highest BCUT2D eigenvalue weighted by Crippen LogP contribution is 2.31. The molecule has 3 nitrogen and oxygen atoms in total. The molecule has 1 fully saturated rings. The van der Waals surface area contributed by atoms with Crippen molar-refractivity contribution in [2.24, 2.45) is 0 Å². The lowest BCUT2D eigenvalue weighted by molar-refractivity contribution is 0.0526. The van der Waals surface area contributed by atoms with E-state index in [1.54, 1.807) is 6.92 Å². The van der Waals surface area contributed by atoms with Crippen LogP contribution in [0.15, 0.2) is 22.7 Å². The SMILES string of the molecule is CCOC1CCCN(c2ccc(C(C)O)cc2Br)C1. The van der Waals surface area contributed by atoms with Gasteiger partial charge in [0, 0.05) is 24.2 Å². The molecule has 2 rings (SSSR count). The van der Waals surface area contributed by atoms with Crippen LogP contribution in [-0.2, 0) is 4.74 Å². The third kappa shape index (κ3) is 3.71. The van der Waals surface area contributed by atoms with Gasteiger partial charge in [-0.05, 0) is 60.3 Å². The first-order valence-electron chi connectivity index (χ1n) is 6.96. The lowest BCUT2D eigenvalue weighted by Crippen LogP contribution is -2.39. The van der Waals surface area contributed by atoms with Crippen LogP contribution in [0.3, 0.4) is 0 Å². The van der Waals surface area contributed by atoms with E-state index in [2.05, 4.69) is 26.9 Å². The summed E-state index contributed by atoms with van der Waals surface area (Å²) in [4.78, 5) is 2.36. The fraction of sp³-hybridized carbons (Fsp3) is 0.600. The predicted molar refractivity (Wildman–Crippen MR) is 81.6 cm³/mol. The lowest BCUT2D eigenvalue weighted by atomic mass is 10.1. The van der Waals surface area contributed by atoms with Crippen LogP contribution in [0.2, 0.25) is 0 Å². The smallest absolute Gasteiger partial charge is 0.0762 e. The van der Waals surface area contributed by atoms with E-state index in [1.165, 1.54) is 5.69 Å². The number of aliphatic hydroxyl groups is 1. The van der Waals surface area contributed by atoms with Crippen LogP contribution in [-0.4, -0.2) is 30.9 Å². The second-order valence-electron chi connectivity index (χ2n) is 5.05. The number of hydrogen-bond donors (Lipinski definition) is 1. The molecule has 1 aromatic rings. The summed E-state index contributed by atoms with van der Waals surface area (Å²) in [6.07, 6.45) is 2.22. The van der Waals surface area contributed by atoms with Crippen LogP contribution in [0.1, 0.15) is 38.4 Å². The number of aliphatic hydroxyl groups excluding tert-OH is 1. The maximum absolute atomic E-state index is 9.61. The first-order chi connectivity index (χ1) is 9.11. The standard InChI is InChI=1S/C15H22BrNO2/c1-3-19-13-5-4-8-17(10-13)15-7-6-12(11(2)18)9-14(15)16/h6-7,9,11,13,18H,3-5,8,10H2,1-2H3. The van der Waals surface area contributed by atoms with Crippen LogP contribution in [0.5, 0.6) is 0 Å². The number of anilines is 1. The summed E-state index contributed by atoms with van der Waals surface area (Å²) in [5.41, 5.74) is 2.13. The van der Waals surface area contributed by atoms with Gasteiger partial charge < -0.3 is 14.7 Å². The summed E-state index contributed by atoms with van der Waals surface area (Å²) >= 11 is 3.62. The largest absolute Gasteiger partial charge is 0.389 e. The fourth-order valence-corrected chi connectivity index (χ4v) is 3.22. The first-order valence-corrected chi connectivity index (χ1v) is 7.75. The van der Waals surface area contributed by atoms with Crippen LogP contribution in [0, 0.1) is 0 Å². The molecule has 2 unspecified atom stereocenters. The Kier molecular flexibility index (Phi) is 5.25. The Hall–Kier alpha value is -0.580. The monoisotopic (exact) mass is 327 g/mol. The molecule has 0 amide bonds. The van der Waals surface area contributed by atoms with E-state index >= 15 is 0 Å². The Balaban J connectivity index is 2.12. The van der Waals surface area contributed by atoms with Gasteiger partial charge in [-0.1, -0.05) is 6.07 Å². The second-order valence-corrected chi connectivity index (χ2v) is 5.91. The number of halogens is 1. The minimum absolute atomic E-state index is 0.335. The Labute approximate surface area is 123 Å². The molecule has 0 spiro atoms. The minimum Gasteiger partial charge on any atom is -0.389 e. The van der Waals surface area contributed by atoms with Gasteiger partial charge in [0.1, 0.15) is 0 Å². The van der Waals surface area contributed by atoms with Crippen LogP contribution >= 0.6 is 15.9 Å². The third-order valence-corrected chi connectivity index (χ3v) is 4.21. The van der Waals surface area contributed by atoms with Crippen molar-refractivity contribution in [3.8, 4) is 0 Å². The molecule has 1 aromatic carbocycles. The number of benzene rings is 1. The van der Waals surface area contributed by atoms with Crippen LogP contribution < -0.4 is 4.90 Å². The van der Waals surface area contributed by atoms with Crippen molar-refractivity contribution in [2.75, 3.05) is 24.6 Å². The zero-order valence-electron chi connectivity index (χ0n) is 11.6. The van der Waals surface area contributed by atoms with Crippen molar-refractivity contribution < 1.29 is 9.84 Å². The average Bonchev–Trinajstić information content (AvgIpc) is 2.39. The van der Waals surface area contributed by atoms with Gasteiger partial charge in [-0.3, -0.25) is 0 Å². The summed E-state index contributed by atoms with van der Waals surface area (Å²) in [5, 5.41) is 9.61. The second kappa shape index (κ2) is 6.73. The molecule has 0 radical (unpaired) electrons. The molecular formula is C15H22BrNO2. The average molecular weight is 328 g/mol.